The molecule has 0 spiro atoms. The fourth-order valence-electron chi connectivity index (χ4n) is 0.590. The zero-order valence-corrected chi connectivity index (χ0v) is 6.42. The summed E-state index contributed by atoms with van der Waals surface area (Å²) in [4.78, 5) is 10.8. The highest BCUT2D eigenvalue weighted by Gasteiger charge is 2.06. The number of rotatable bonds is 3. The molecule has 0 aliphatic heterocycles. The van der Waals surface area contributed by atoms with Crippen LogP contribution in [0.2, 0.25) is 0 Å². The fourth-order valence-corrected chi connectivity index (χ4v) is 0.590. The van der Waals surface area contributed by atoms with Gasteiger partial charge < -0.3 is 0 Å². The lowest BCUT2D eigenvalue weighted by molar-refractivity contribution is -0.125. The third-order valence-electron chi connectivity index (χ3n) is 1.09. The van der Waals surface area contributed by atoms with Crippen molar-refractivity contribution in [3.8, 4) is 0 Å². The molecule has 3 nitrogen and oxygen atoms in total. The van der Waals surface area contributed by atoms with Gasteiger partial charge in [-0.25, -0.2) is 5.48 Å². The van der Waals surface area contributed by atoms with Crippen LogP contribution in [0.15, 0.2) is 36.5 Å². The van der Waals surface area contributed by atoms with Gasteiger partial charge in [0.05, 0.1) is 0 Å². The Morgan fingerprint density at radius 2 is 2.18 bits per heavy atom. The van der Waals surface area contributed by atoms with Crippen molar-refractivity contribution in [3.05, 3.63) is 36.5 Å². The molecule has 0 radical (unpaired) electrons. The number of hydroxylamine groups is 1. The van der Waals surface area contributed by atoms with Crippen molar-refractivity contribution in [2.45, 2.75) is 6.92 Å². The maximum atomic E-state index is 10.8. The van der Waals surface area contributed by atoms with Crippen molar-refractivity contribution in [1.29, 1.82) is 0 Å². The molecule has 60 valence electrons. The summed E-state index contributed by atoms with van der Waals surface area (Å²) >= 11 is 0. The molecule has 0 atom stereocenters. The Balaban J connectivity index is 4.61. The van der Waals surface area contributed by atoms with Gasteiger partial charge in [0.1, 0.15) is 0 Å². The normalized spacial score (nSPS) is 10.5. The molecule has 0 unspecified atom stereocenters. The third kappa shape index (κ3) is 2.82. The van der Waals surface area contributed by atoms with Crippen molar-refractivity contribution < 1.29 is 10.0 Å². The zero-order chi connectivity index (χ0) is 8.85. The van der Waals surface area contributed by atoms with Gasteiger partial charge in [0.2, 0.25) is 0 Å². The van der Waals surface area contributed by atoms with E-state index in [1.165, 1.54) is 17.6 Å². The van der Waals surface area contributed by atoms with E-state index in [0.29, 0.717) is 11.1 Å². The lowest BCUT2D eigenvalue weighted by atomic mass is 10.1. The number of carbonyl (C=O) groups is 1. The predicted molar refractivity (Wildman–Crippen MR) is 43.0 cm³/mol. The summed E-state index contributed by atoms with van der Waals surface area (Å²) in [5.74, 6) is -0.572. The maximum absolute atomic E-state index is 10.8. The van der Waals surface area contributed by atoms with E-state index in [9.17, 15) is 4.79 Å². The summed E-state index contributed by atoms with van der Waals surface area (Å²) in [5, 5.41) is 8.26. The number of nitrogens with one attached hydrogen (secondary N) is 1. The van der Waals surface area contributed by atoms with Gasteiger partial charge in [-0.1, -0.05) is 19.2 Å². The van der Waals surface area contributed by atoms with Crippen LogP contribution in [-0.4, -0.2) is 11.1 Å². The van der Waals surface area contributed by atoms with E-state index in [2.05, 4.69) is 13.2 Å². The van der Waals surface area contributed by atoms with E-state index < -0.39 is 5.91 Å². The first-order chi connectivity index (χ1) is 5.13. The maximum Gasteiger partial charge on any atom is 0.274 e. The molecular formula is C8H11NO2. The molecule has 0 fully saturated rings. The molecule has 0 aliphatic carbocycles. The monoisotopic (exact) mass is 153 g/mol. The van der Waals surface area contributed by atoms with Crippen molar-refractivity contribution in [2.75, 3.05) is 0 Å². The second-order valence-electron chi connectivity index (χ2n) is 2.04. The minimum Gasteiger partial charge on any atom is -0.288 e. The van der Waals surface area contributed by atoms with Crippen LogP contribution < -0.4 is 5.48 Å². The molecule has 0 aromatic carbocycles. The smallest absolute Gasteiger partial charge is 0.274 e. The molecule has 0 aromatic heterocycles. The number of carbonyl (C=O) groups excluding carboxylic acids is 1. The van der Waals surface area contributed by atoms with Crippen molar-refractivity contribution in [1.82, 2.24) is 5.48 Å². The first kappa shape index (κ1) is 9.65. The van der Waals surface area contributed by atoms with Crippen LogP contribution in [0.4, 0.5) is 0 Å². The average Bonchev–Trinajstić information content (AvgIpc) is 1.98. The summed E-state index contributed by atoms with van der Waals surface area (Å²) in [6, 6.07) is 0. The molecule has 2 N–H and O–H groups in total. The van der Waals surface area contributed by atoms with Crippen molar-refractivity contribution >= 4 is 5.91 Å². The van der Waals surface area contributed by atoms with Crippen LogP contribution in [-0.2, 0) is 4.79 Å². The first-order valence-corrected chi connectivity index (χ1v) is 3.06. The van der Waals surface area contributed by atoms with Gasteiger partial charge in [0.15, 0.2) is 0 Å². The lowest BCUT2D eigenvalue weighted by Crippen LogP contribution is -2.21. The van der Waals surface area contributed by atoms with E-state index in [4.69, 9.17) is 5.21 Å². The van der Waals surface area contributed by atoms with E-state index >= 15 is 0 Å². The second kappa shape index (κ2) is 4.46. The van der Waals surface area contributed by atoms with E-state index in [1.54, 1.807) is 6.92 Å². The first-order valence-electron chi connectivity index (χ1n) is 3.06. The van der Waals surface area contributed by atoms with Gasteiger partial charge in [-0.2, -0.15) is 0 Å². The number of amides is 1. The summed E-state index contributed by atoms with van der Waals surface area (Å²) < 4.78 is 0. The van der Waals surface area contributed by atoms with Gasteiger partial charge in [0, 0.05) is 5.57 Å². The van der Waals surface area contributed by atoms with Gasteiger partial charge in [-0.15, -0.1) is 0 Å². The van der Waals surface area contributed by atoms with Crippen LogP contribution in [0.25, 0.3) is 0 Å². The van der Waals surface area contributed by atoms with Crippen molar-refractivity contribution in [3.63, 3.8) is 0 Å². The van der Waals surface area contributed by atoms with E-state index in [1.807, 2.05) is 0 Å². The highest BCUT2D eigenvalue weighted by atomic mass is 16.5. The largest absolute Gasteiger partial charge is 0.288 e. The molecule has 0 bridgehead atoms. The van der Waals surface area contributed by atoms with Gasteiger partial charge in [0.25, 0.3) is 5.91 Å². The van der Waals surface area contributed by atoms with Gasteiger partial charge in [-0.3, -0.25) is 10.0 Å². The van der Waals surface area contributed by atoms with Gasteiger partial charge in [-0.05, 0) is 18.6 Å². The SMILES string of the molecule is C=C/C=C(\C(=C)C)C(=O)NO. The Kier molecular flexibility index (Phi) is 3.92. The van der Waals surface area contributed by atoms with Crippen LogP contribution >= 0.6 is 0 Å². The number of hydrogen-bond acceptors (Lipinski definition) is 2. The van der Waals surface area contributed by atoms with Crippen molar-refractivity contribution in [2.24, 2.45) is 0 Å². The molecular weight excluding hydrogens is 142 g/mol. The minimum absolute atomic E-state index is 0.322. The Hall–Kier alpha value is -1.35. The molecule has 0 saturated heterocycles. The Morgan fingerprint density at radius 3 is 2.45 bits per heavy atom. The van der Waals surface area contributed by atoms with Crippen LogP contribution in [0, 0.1) is 0 Å². The minimum atomic E-state index is -0.572. The topological polar surface area (TPSA) is 49.3 Å². The number of allylic oxidation sites excluding steroid dienone is 2. The molecule has 3 heteroatoms. The standard InChI is InChI=1S/C8H11NO2/c1-4-5-7(6(2)3)8(10)9-11/h4-5,11H,1-2H2,3H3,(H,9,10)/b7-5+. The molecule has 11 heavy (non-hydrogen) atoms. The third-order valence-corrected chi connectivity index (χ3v) is 1.09. The fraction of sp³-hybridized carbons (Fsp3) is 0.125. The van der Waals surface area contributed by atoms with Crippen LogP contribution in [0.3, 0.4) is 0 Å². The van der Waals surface area contributed by atoms with Crippen LogP contribution in [0.1, 0.15) is 6.92 Å². The number of hydrogen-bond donors (Lipinski definition) is 2. The average molecular weight is 153 g/mol. The quantitative estimate of drug-likeness (QED) is 0.277. The lowest BCUT2D eigenvalue weighted by Gasteiger charge is -2.01. The zero-order valence-electron chi connectivity index (χ0n) is 6.42. The Labute approximate surface area is 65.7 Å². The van der Waals surface area contributed by atoms with Gasteiger partial charge >= 0.3 is 0 Å². The molecule has 0 aliphatic rings. The molecule has 0 aromatic rings. The van der Waals surface area contributed by atoms with E-state index in [-0.39, 0.29) is 0 Å². The highest BCUT2D eigenvalue weighted by molar-refractivity contribution is 5.96. The summed E-state index contributed by atoms with van der Waals surface area (Å²) in [6.45, 7) is 8.65. The predicted octanol–water partition coefficient (Wildman–Crippen LogP) is 1.18. The summed E-state index contributed by atoms with van der Waals surface area (Å²) in [5.41, 5.74) is 2.42. The molecule has 0 rings (SSSR count). The summed E-state index contributed by atoms with van der Waals surface area (Å²) in [6.07, 6.45) is 2.94. The molecule has 0 saturated carbocycles. The van der Waals surface area contributed by atoms with Crippen LogP contribution in [0.5, 0.6) is 0 Å². The molecule has 0 heterocycles. The second-order valence-corrected chi connectivity index (χ2v) is 2.04. The summed E-state index contributed by atoms with van der Waals surface area (Å²) in [7, 11) is 0. The highest BCUT2D eigenvalue weighted by Crippen LogP contribution is 2.05. The molecule has 1 amide bonds. The van der Waals surface area contributed by atoms with E-state index in [0.717, 1.165) is 0 Å². The Morgan fingerprint density at radius 1 is 1.64 bits per heavy atom. The Bertz CT molecular complexity index is 216.